The molecule has 0 fully saturated rings. The van der Waals surface area contributed by atoms with E-state index in [0.717, 1.165) is 5.56 Å². The zero-order valence-corrected chi connectivity index (χ0v) is 15.9. The molecular weight excluding hydrogens is 387 g/mol. The number of aromatic nitrogens is 3. The van der Waals surface area contributed by atoms with Gasteiger partial charge in [-0.25, -0.2) is 9.89 Å². The number of halogens is 2. The number of hydrogen-bond donors (Lipinski definition) is 2. The van der Waals surface area contributed by atoms with Crippen LogP contribution in [0.15, 0.2) is 28.2 Å². The van der Waals surface area contributed by atoms with Gasteiger partial charge in [0.05, 0.1) is 5.75 Å². The quantitative estimate of drug-likeness (QED) is 0.494. The summed E-state index contributed by atoms with van der Waals surface area (Å²) in [6.45, 7) is 1.33. The summed E-state index contributed by atoms with van der Waals surface area (Å²) in [6, 6.07) is 5.10. The van der Waals surface area contributed by atoms with Crippen LogP contribution in [0.5, 0.6) is 0 Å². The van der Waals surface area contributed by atoms with Crippen molar-refractivity contribution in [3.8, 4) is 0 Å². The van der Waals surface area contributed by atoms with E-state index in [0.29, 0.717) is 41.3 Å². The van der Waals surface area contributed by atoms with Crippen LogP contribution in [0.25, 0.3) is 0 Å². The zero-order valence-electron chi connectivity index (χ0n) is 13.6. The number of thioether (sulfide) groups is 1. The van der Waals surface area contributed by atoms with Gasteiger partial charge in [-0.2, -0.15) is 0 Å². The third-order valence-electron chi connectivity index (χ3n) is 3.28. The summed E-state index contributed by atoms with van der Waals surface area (Å²) in [5.74, 6) is -0.0466. The molecule has 7 nitrogen and oxygen atoms in total. The molecule has 0 aliphatic rings. The largest absolute Gasteiger partial charge is 0.385 e. The summed E-state index contributed by atoms with van der Waals surface area (Å²) >= 11 is 13.1. The first kappa shape index (κ1) is 19.8. The molecule has 1 amide bonds. The van der Waals surface area contributed by atoms with E-state index in [4.69, 9.17) is 27.9 Å². The third-order valence-corrected chi connectivity index (χ3v) is 4.84. The second-order valence-electron chi connectivity index (χ2n) is 5.11. The molecule has 1 aromatic heterocycles. The Morgan fingerprint density at radius 3 is 2.96 bits per heavy atom. The van der Waals surface area contributed by atoms with E-state index in [1.54, 1.807) is 25.3 Å². The van der Waals surface area contributed by atoms with Crippen molar-refractivity contribution < 1.29 is 9.53 Å². The molecule has 0 bridgehead atoms. The lowest BCUT2D eigenvalue weighted by molar-refractivity contribution is -0.118. The number of benzene rings is 1. The first-order chi connectivity index (χ1) is 12.0. The molecule has 0 saturated heterocycles. The monoisotopic (exact) mass is 404 g/mol. The van der Waals surface area contributed by atoms with Crippen molar-refractivity contribution in [2.45, 2.75) is 24.7 Å². The fourth-order valence-corrected chi connectivity index (χ4v) is 3.30. The maximum atomic E-state index is 12.0. The Bertz CT molecular complexity index is 778. The number of rotatable bonds is 9. The Hall–Kier alpha value is -1.48. The summed E-state index contributed by atoms with van der Waals surface area (Å²) < 4.78 is 6.47. The van der Waals surface area contributed by atoms with Gasteiger partial charge in [0.15, 0.2) is 5.16 Å². The van der Waals surface area contributed by atoms with E-state index in [2.05, 4.69) is 15.5 Å². The molecular formula is C15H18Cl2N4O3S. The molecule has 2 aromatic rings. The SMILES string of the molecule is COCCCn1c(SCC(=O)NCc2ccc(Cl)cc2Cl)n[nH]c1=O. The van der Waals surface area contributed by atoms with Crippen LogP contribution in [0, 0.1) is 0 Å². The first-order valence-corrected chi connectivity index (χ1v) is 9.23. The fraction of sp³-hybridized carbons (Fsp3) is 0.400. The van der Waals surface area contributed by atoms with Crippen molar-refractivity contribution in [2.75, 3.05) is 19.5 Å². The maximum absolute atomic E-state index is 12.0. The molecule has 0 unspecified atom stereocenters. The highest BCUT2D eigenvalue weighted by Crippen LogP contribution is 2.21. The van der Waals surface area contributed by atoms with E-state index in [9.17, 15) is 9.59 Å². The van der Waals surface area contributed by atoms with Gasteiger partial charge in [-0.15, -0.1) is 5.10 Å². The Morgan fingerprint density at radius 1 is 1.44 bits per heavy atom. The van der Waals surface area contributed by atoms with Crippen LogP contribution in [-0.2, 0) is 22.6 Å². The Balaban J connectivity index is 1.84. The summed E-state index contributed by atoms with van der Waals surface area (Å²) in [7, 11) is 1.60. The van der Waals surface area contributed by atoms with Crippen LogP contribution < -0.4 is 11.0 Å². The molecule has 0 atom stereocenters. The Kier molecular flexibility index (Phi) is 7.83. The van der Waals surface area contributed by atoms with E-state index in [1.807, 2.05) is 0 Å². The van der Waals surface area contributed by atoms with Crippen LogP contribution in [0.1, 0.15) is 12.0 Å². The maximum Gasteiger partial charge on any atom is 0.343 e. The smallest absolute Gasteiger partial charge is 0.343 e. The van der Waals surface area contributed by atoms with Gasteiger partial charge < -0.3 is 10.1 Å². The predicted molar refractivity (Wildman–Crippen MR) is 98.4 cm³/mol. The van der Waals surface area contributed by atoms with Crippen molar-refractivity contribution in [1.29, 1.82) is 0 Å². The van der Waals surface area contributed by atoms with Crippen LogP contribution in [-0.4, -0.2) is 40.1 Å². The average molecular weight is 405 g/mol. The van der Waals surface area contributed by atoms with Gasteiger partial charge in [-0.05, 0) is 24.1 Å². The molecule has 136 valence electrons. The molecule has 0 aliphatic carbocycles. The third kappa shape index (κ3) is 6.07. The highest BCUT2D eigenvalue weighted by molar-refractivity contribution is 7.99. The van der Waals surface area contributed by atoms with Gasteiger partial charge in [-0.3, -0.25) is 9.36 Å². The molecule has 0 aliphatic heterocycles. The molecule has 10 heteroatoms. The van der Waals surface area contributed by atoms with Crippen LogP contribution in [0.2, 0.25) is 10.0 Å². The number of methoxy groups -OCH3 is 1. The minimum atomic E-state index is -0.299. The van der Waals surface area contributed by atoms with Crippen molar-refractivity contribution in [3.63, 3.8) is 0 Å². The Labute approximate surface area is 159 Å². The van der Waals surface area contributed by atoms with Gasteiger partial charge in [0.2, 0.25) is 5.91 Å². The van der Waals surface area contributed by atoms with Crippen LogP contribution in [0.3, 0.4) is 0 Å². The molecule has 2 N–H and O–H groups in total. The fourth-order valence-electron chi connectivity index (χ4n) is 2.02. The molecule has 0 radical (unpaired) electrons. The van der Waals surface area contributed by atoms with Crippen molar-refractivity contribution in [3.05, 3.63) is 44.3 Å². The number of hydrogen-bond acceptors (Lipinski definition) is 5. The van der Waals surface area contributed by atoms with Crippen LogP contribution >= 0.6 is 35.0 Å². The topological polar surface area (TPSA) is 89.0 Å². The van der Waals surface area contributed by atoms with Gasteiger partial charge in [0, 0.05) is 36.9 Å². The zero-order chi connectivity index (χ0) is 18.2. The standard InChI is InChI=1S/C15H18Cl2N4O3S/c1-24-6-2-5-21-14(23)19-20-15(21)25-9-13(22)18-8-10-3-4-11(16)7-12(10)17/h3-4,7H,2,5-6,8-9H2,1H3,(H,18,22)(H,19,23). The highest BCUT2D eigenvalue weighted by Gasteiger charge is 2.11. The van der Waals surface area contributed by atoms with Crippen LogP contribution in [0.4, 0.5) is 0 Å². The number of amides is 1. The summed E-state index contributed by atoms with van der Waals surface area (Å²) in [6.07, 6.45) is 0.685. The highest BCUT2D eigenvalue weighted by atomic mass is 35.5. The molecule has 0 saturated carbocycles. The number of carbonyl (C=O) groups excluding carboxylic acids is 1. The number of ether oxygens (including phenoxy) is 1. The lowest BCUT2D eigenvalue weighted by Gasteiger charge is -2.08. The lowest BCUT2D eigenvalue weighted by Crippen LogP contribution is -2.25. The molecule has 1 heterocycles. The molecule has 2 rings (SSSR count). The van der Waals surface area contributed by atoms with Gasteiger partial charge >= 0.3 is 5.69 Å². The van der Waals surface area contributed by atoms with E-state index in [1.165, 1.54) is 16.3 Å². The van der Waals surface area contributed by atoms with E-state index >= 15 is 0 Å². The normalized spacial score (nSPS) is 10.8. The number of aromatic amines is 1. The average Bonchev–Trinajstić information content (AvgIpc) is 2.93. The molecule has 0 spiro atoms. The summed E-state index contributed by atoms with van der Waals surface area (Å²) in [5.41, 5.74) is 0.479. The Morgan fingerprint density at radius 2 is 2.24 bits per heavy atom. The van der Waals surface area contributed by atoms with Gasteiger partial charge in [0.25, 0.3) is 0 Å². The summed E-state index contributed by atoms with van der Waals surface area (Å²) in [4.78, 5) is 23.7. The molecule has 25 heavy (non-hydrogen) atoms. The number of carbonyl (C=O) groups is 1. The number of H-pyrrole nitrogens is 1. The molecule has 1 aromatic carbocycles. The first-order valence-electron chi connectivity index (χ1n) is 7.49. The minimum absolute atomic E-state index is 0.139. The lowest BCUT2D eigenvalue weighted by atomic mass is 10.2. The predicted octanol–water partition coefficient (Wildman–Crippen LogP) is 2.32. The second kappa shape index (κ2) is 9.86. The second-order valence-corrected chi connectivity index (χ2v) is 6.90. The van der Waals surface area contributed by atoms with Crippen molar-refractivity contribution in [1.82, 2.24) is 20.1 Å². The van der Waals surface area contributed by atoms with Gasteiger partial charge in [0.1, 0.15) is 0 Å². The number of nitrogens with one attached hydrogen (secondary N) is 2. The van der Waals surface area contributed by atoms with E-state index < -0.39 is 0 Å². The van der Waals surface area contributed by atoms with Crippen molar-refractivity contribution >= 4 is 40.9 Å². The van der Waals surface area contributed by atoms with Crippen molar-refractivity contribution in [2.24, 2.45) is 0 Å². The van der Waals surface area contributed by atoms with Gasteiger partial charge in [-0.1, -0.05) is 41.0 Å². The summed E-state index contributed by atoms with van der Waals surface area (Å²) in [5, 5.41) is 10.6. The van der Waals surface area contributed by atoms with E-state index in [-0.39, 0.29) is 17.3 Å². The minimum Gasteiger partial charge on any atom is -0.385 e. The number of nitrogens with zero attached hydrogens (tertiary/aromatic N) is 2.